The molecular formula is C15H14BrClFN3O3S2. The monoisotopic (exact) mass is 481 g/mol. The Kier molecular flexibility index (Phi) is 5.71. The summed E-state index contributed by atoms with van der Waals surface area (Å²) in [6.45, 7) is 0. The minimum atomic E-state index is -3.82. The Morgan fingerprint density at radius 1 is 1.42 bits per heavy atom. The molecule has 1 aliphatic rings. The molecule has 0 spiro atoms. The van der Waals surface area contributed by atoms with E-state index in [1.807, 2.05) is 12.1 Å². The Balaban J connectivity index is 1.83. The van der Waals surface area contributed by atoms with Gasteiger partial charge in [0.25, 0.3) is 10.2 Å². The summed E-state index contributed by atoms with van der Waals surface area (Å²) in [5, 5.41) is 2.47. The number of amides is 1. The van der Waals surface area contributed by atoms with Gasteiger partial charge in [-0.05, 0) is 52.7 Å². The fourth-order valence-corrected chi connectivity index (χ4v) is 5.62. The topological polar surface area (TPSA) is 78.5 Å². The number of nitrogens with zero attached hydrogens (tertiary/aromatic N) is 1. The molecule has 26 heavy (non-hydrogen) atoms. The lowest BCUT2D eigenvalue weighted by atomic mass is 10.1. The molecule has 0 unspecified atom stereocenters. The third kappa shape index (κ3) is 4.10. The molecule has 1 saturated heterocycles. The first-order valence-electron chi connectivity index (χ1n) is 7.44. The highest BCUT2D eigenvalue weighted by molar-refractivity contribution is 9.11. The largest absolute Gasteiger partial charge is 0.325 e. The van der Waals surface area contributed by atoms with Crippen molar-refractivity contribution in [2.24, 2.45) is 0 Å². The lowest BCUT2D eigenvalue weighted by Crippen LogP contribution is -2.55. The number of rotatable bonds is 3. The maximum Gasteiger partial charge on any atom is 0.280 e. The number of likely N-dealkylation sites (N-methyl/N-ethyl adjacent to an activating group) is 1. The lowest BCUT2D eigenvalue weighted by molar-refractivity contribution is -0.120. The van der Waals surface area contributed by atoms with Gasteiger partial charge in [0.1, 0.15) is 11.9 Å². The van der Waals surface area contributed by atoms with Crippen LogP contribution in [0.2, 0.25) is 5.02 Å². The summed E-state index contributed by atoms with van der Waals surface area (Å²) in [6, 6.07) is 5.97. The molecule has 3 rings (SSSR count). The molecule has 0 aliphatic carbocycles. The van der Waals surface area contributed by atoms with Crippen molar-refractivity contribution in [3.05, 3.63) is 49.8 Å². The van der Waals surface area contributed by atoms with Gasteiger partial charge in [0.2, 0.25) is 5.91 Å². The number of hydrogen-bond donors (Lipinski definition) is 2. The molecule has 6 nitrogen and oxygen atoms in total. The Morgan fingerprint density at radius 3 is 2.77 bits per heavy atom. The van der Waals surface area contributed by atoms with Crippen molar-refractivity contribution in [2.75, 3.05) is 12.4 Å². The van der Waals surface area contributed by atoms with Crippen molar-refractivity contribution >= 4 is 60.7 Å². The highest BCUT2D eigenvalue weighted by Crippen LogP contribution is 2.34. The molecule has 2 atom stereocenters. The summed E-state index contributed by atoms with van der Waals surface area (Å²) in [5.41, 5.74) is 0.293. The zero-order chi connectivity index (χ0) is 19.1. The second-order valence-electron chi connectivity index (χ2n) is 5.70. The second kappa shape index (κ2) is 7.53. The van der Waals surface area contributed by atoms with E-state index in [0.29, 0.717) is 5.69 Å². The van der Waals surface area contributed by atoms with Gasteiger partial charge in [0.05, 0.1) is 14.9 Å². The van der Waals surface area contributed by atoms with Gasteiger partial charge in [-0.15, -0.1) is 11.3 Å². The summed E-state index contributed by atoms with van der Waals surface area (Å²) < 4.78 is 42.5. The molecule has 140 valence electrons. The number of benzene rings is 1. The molecule has 0 bridgehead atoms. The van der Waals surface area contributed by atoms with Gasteiger partial charge in [-0.2, -0.15) is 17.4 Å². The van der Waals surface area contributed by atoms with Gasteiger partial charge in [0.15, 0.2) is 0 Å². The number of hydrogen-bond acceptors (Lipinski definition) is 4. The van der Waals surface area contributed by atoms with E-state index in [4.69, 9.17) is 11.6 Å². The van der Waals surface area contributed by atoms with Gasteiger partial charge in [-0.25, -0.2) is 4.39 Å². The molecule has 2 aromatic rings. The highest BCUT2D eigenvalue weighted by Gasteiger charge is 2.41. The van der Waals surface area contributed by atoms with E-state index in [1.54, 1.807) is 0 Å². The smallest absolute Gasteiger partial charge is 0.280 e. The number of halogens is 3. The zero-order valence-electron chi connectivity index (χ0n) is 13.4. The molecule has 0 saturated carbocycles. The van der Waals surface area contributed by atoms with E-state index in [1.165, 1.54) is 30.5 Å². The van der Waals surface area contributed by atoms with Crippen LogP contribution in [0.3, 0.4) is 0 Å². The van der Waals surface area contributed by atoms with Crippen LogP contribution in [-0.2, 0) is 15.0 Å². The summed E-state index contributed by atoms with van der Waals surface area (Å²) in [7, 11) is -2.48. The van der Waals surface area contributed by atoms with E-state index in [-0.39, 0.29) is 11.4 Å². The average molecular weight is 483 g/mol. The zero-order valence-corrected chi connectivity index (χ0v) is 17.3. The van der Waals surface area contributed by atoms with Gasteiger partial charge in [0, 0.05) is 17.6 Å². The van der Waals surface area contributed by atoms with Gasteiger partial charge >= 0.3 is 0 Å². The van der Waals surface area contributed by atoms with Gasteiger partial charge < -0.3 is 5.32 Å². The van der Waals surface area contributed by atoms with Crippen LogP contribution >= 0.6 is 38.9 Å². The molecule has 11 heteroatoms. The van der Waals surface area contributed by atoms with Crippen molar-refractivity contribution in [3.8, 4) is 0 Å². The average Bonchev–Trinajstić information content (AvgIpc) is 2.99. The molecule has 0 radical (unpaired) electrons. The van der Waals surface area contributed by atoms with Crippen molar-refractivity contribution in [2.45, 2.75) is 18.5 Å². The number of nitrogens with one attached hydrogen (secondary N) is 2. The minimum Gasteiger partial charge on any atom is -0.325 e. The maximum atomic E-state index is 13.3. The normalized spacial score (nSPS) is 22.9. The minimum absolute atomic E-state index is 0.129. The lowest BCUT2D eigenvalue weighted by Gasteiger charge is -2.35. The Morgan fingerprint density at radius 2 is 2.15 bits per heavy atom. The SMILES string of the molecule is CN1[C@H](C(=O)Nc2ccc(F)c(Cl)c2)C[C@H](c2ccc(Br)s2)NS1(=O)=O. The van der Waals surface area contributed by atoms with E-state index >= 15 is 0 Å². The van der Waals surface area contributed by atoms with Crippen LogP contribution in [0.5, 0.6) is 0 Å². The Hall–Kier alpha value is -1.04. The van der Waals surface area contributed by atoms with E-state index in [9.17, 15) is 17.6 Å². The first-order valence-corrected chi connectivity index (χ1v) is 10.9. The third-order valence-electron chi connectivity index (χ3n) is 4.00. The standard InChI is InChI=1S/C15H14BrClFN3O3S2/c1-21-12(15(22)19-8-2-3-10(18)9(17)6-8)7-11(20-26(21,23)24)13-4-5-14(16)25-13/h2-6,11-12,20H,7H2,1H3,(H,19,22)/t11-,12+/m1/s1. The van der Waals surface area contributed by atoms with Crippen LogP contribution in [0.1, 0.15) is 17.3 Å². The van der Waals surface area contributed by atoms with Crippen LogP contribution in [-0.4, -0.2) is 31.7 Å². The molecule has 1 amide bonds. The summed E-state index contributed by atoms with van der Waals surface area (Å²) in [6.07, 6.45) is 0.253. The molecule has 1 aromatic carbocycles. The van der Waals surface area contributed by atoms with E-state index in [2.05, 4.69) is 26.0 Å². The second-order valence-corrected chi connectivity index (χ2v) is 10.4. The first-order chi connectivity index (χ1) is 12.2. The van der Waals surface area contributed by atoms with Crippen molar-refractivity contribution in [3.63, 3.8) is 0 Å². The number of anilines is 1. The highest BCUT2D eigenvalue weighted by atomic mass is 79.9. The van der Waals surface area contributed by atoms with E-state index < -0.39 is 34.0 Å². The molecule has 1 fully saturated rings. The molecule has 2 heterocycles. The van der Waals surface area contributed by atoms with Crippen LogP contribution in [0.4, 0.5) is 10.1 Å². The molecular weight excluding hydrogens is 469 g/mol. The van der Waals surface area contributed by atoms with Crippen LogP contribution < -0.4 is 10.0 Å². The fraction of sp³-hybridized carbons (Fsp3) is 0.267. The molecule has 1 aliphatic heterocycles. The summed E-state index contributed by atoms with van der Waals surface area (Å²) in [5.74, 6) is -1.12. The predicted octanol–water partition coefficient (Wildman–Crippen LogP) is 3.52. The summed E-state index contributed by atoms with van der Waals surface area (Å²) >= 11 is 10.5. The van der Waals surface area contributed by atoms with Gasteiger partial charge in [-0.3, -0.25) is 4.79 Å². The Bertz CT molecular complexity index is 953. The Labute approximate surface area is 167 Å². The number of carbonyl (C=O) groups is 1. The third-order valence-corrected chi connectivity index (χ3v) is 7.62. The summed E-state index contributed by atoms with van der Waals surface area (Å²) in [4.78, 5) is 13.5. The molecule has 1 aromatic heterocycles. The maximum absolute atomic E-state index is 13.3. The number of carbonyl (C=O) groups excluding carboxylic acids is 1. The first kappa shape index (κ1) is 19.7. The van der Waals surface area contributed by atoms with Crippen LogP contribution in [0.15, 0.2) is 34.1 Å². The fourth-order valence-electron chi connectivity index (χ4n) is 2.61. The van der Waals surface area contributed by atoms with E-state index in [0.717, 1.165) is 19.0 Å². The van der Waals surface area contributed by atoms with Crippen molar-refractivity contribution in [1.29, 1.82) is 0 Å². The van der Waals surface area contributed by atoms with Gasteiger partial charge in [-0.1, -0.05) is 11.6 Å². The van der Waals surface area contributed by atoms with Crippen molar-refractivity contribution in [1.82, 2.24) is 9.03 Å². The quantitative estimate of drug-likeness (QED) is 0.703. The predicted molar refractivity (Wildman–Crippen MR) is 103 cm³/mol. The van der Waals surface area contributed by atoms with Crippen LogP contribution in [0.25, 0.3) is 0 Å². The number of thiophene rings is 1. The van der Waals surface area contributed by atoms with Crippen LogP contribution in [0, 0.1) is 5.82 Å². The molecule has 2 N–H and O–H groups in total. The van der Waals surface area contributed by atoms with Crippen molar-refractivity contribution < 1.29 is 17.6 Å².